The molecule has 7 nitrogen and oxygen atoms in total. The monoisotopic (exact) mass is 446 g/mol. The molecule has 142 valence electrons. The van der Waals surface area contributed by atoms with Crippen LogP contribution in [0.1, 0.15) is 15.9 Å². The number of nitrogens with one attached hydrogen (secondary N) is 1. The zero-order valence-electron chi connectivity index (χ0n) is 13.2. The van der Waals surface area contributed by atoms with Crippen molar-refractivity contribution < 1.29 is 32.4 Å². The van der Waals surface area contributed by atoms with Gasteiger partial charge in [0.2, 0.25) is 0 Å². The zero-order chi connectivity index (χ0) is 20.2. The number of hydrogen-bond donors (Lipinski definition) is 1. The summed E-state index contributed by atoms with van der Waals surface area (Å²) in [5, 5.41) is 12.9. The number of halogens is 4. The summed E-state index contributed by atoms with van der Waals surface area (Å²) in [6, 6.07) is 7.76. The van der Waals surface area contributed by atoms with Crippen LogP contribution >= 0.6 is 15.9 Å². The number of para-hydroxylation sites is 1. The molecule has 2 aromatic carbocycles. The highest BCUT2D eigenvalue weighted by molar-refractivity contribution is 9.10. The number of carbonyl (C=O) groups excluding carboxylic acids is 2. The van der Waals surface area contributed by atoms with Crippen LogP contribution in [0.3, 0.4) is 0 Å². The lowest BCUT2D eigenvalue weighted by Gasteiger charge is -2.13. The van der Waals surface area contributed by atoms with E-state index in [4.69, 9.17) is 4.74 Å². The van der Waals surface area contributed by atoms with Crippen molar-refractivity contribution in [2.24, 2.45) is 0 Å². The number of rotatable bonds is 5. The Bertz CT molecular complexity index is 902. The second-order valence-corrected chi connectivity index (χ2v) is 5.95. The van der Waals surface area contributed by atoms with Gasteiger partial charge in [0.05, 0.1) is 26.2 Å². The fourth-order valence-electron chi connectivity index (χ4n) is 2.02. The summed E-state index contributed by atoms with van der Waals surface area (Å²) < 4.78 is 43.5. The van der Waals surface area contributed by atoms with E-state index in [1.165, 1.54) is 24.3 Å². The molecule has 0 aliphatic heterocycles. The number of anilines is 1. The molecule has 0 unspecified atom stereocenters. The van der Waals surface area contributed by atoms with Gasteiger partial charge in [-0.05, 0) is 40.2 Å². The van der Waals surface area contributed by atoms with Crippen LogP contribution in [0.25, 0.3) is 0 Å². The standard InChI is InChI=1S/C16H10BrF3N2O5/c17-11-6-5-9(7-13(11)22(25)26)15(24)27-8-14(23)21-12-4-2-1-3-10(12)16(18,19)20/h1-7H,8H2,(H,21,23). The smallest absolute Gasteiger partial charge is 0.418 e. The van der Waals surface area contributed by atoms with E-state index in [0.717, 1.165) is 18.2 Å². The molecule has 0 fully saturated rings. The Morgan fingerprint density at radius 3 is 2.48 bits per heavy atom. The van der Waals surface area contributed by atoms with Crippen molar-refractivity contribution in [3.63, 3.8) is 0 Å². The van der Waals surface area contributed by atoms with E-state index in [1.54, 1.807) is 0 Å². The first-order valence-corrected chi connectivity index (χ1v) is 7.96. The van der Waals surface area contributed by atoms with Gasteiger partial charge in [-0.2, -0.15) is 13.2 Å². The molecule has 27 heavy (non-hydrogen) atoms. The molecule has 0 saturated carbocycles. The first kappa shape index (κ1) is 20.4. The molecule has 0 bridgehead atoms. The van der Waals surface area contributed by atoms with Gasteiger partial charge in [-0.1, -0.05) is 12.1 Å². The fourth-order valence-corrected chi connectivity index (χ4v) is 2.41. The van der Waals surface area contributed by atoms with E-state index in [-0.39, 0.29) is 15.7 Å². The summed E-state index contributed by atoms with van der Waals surface area (Å²) in [5.41, 5.74) is -2.10. The Morgan fingerprint density at radius 2 is 1.85 bits per heavy atom. The molecule has 0 spiro atoms. The minimum atomic E-state index is -4.67. The fraction of sp³-hybridized carbons (Fsp3) is 0.125. The zero-order valence-corrected chi connectivity index (χ0v) is 14.8. The Labute approximate surface area is 158 Å². The summed E-state index contributed by atoms with van der Waals surface area (Å²) in [5.74, 6) is -2.03. The van der Waals surface area contributed by atoms with Crippen LogP contribution in [0.2, 0.25) is 0 Å². The van der Waals surface area contributed by atoms with E-state index in [0.29, 0.717) is 0 Å². The van der Waals surface area contributed by atoms with Gasteiger partial charge in [0.25, 0.3) is 11.6 Å². The van der Waals surface area contributed by atoms with Gasteiger partial charge in [0.15, 0.2) is 6.61 Å². The van der Waals surface area contributed by atoms with Gasteiger partial charge < -0.3 is 10.1 Å². The van der Waals surface area contributed by atoms with Gasteiger partial charge in [0, 0.05) is 6.07 Å². The lowest BCUT2D eigenvalue weighted by molar-refractivity contribution is -0.385. The third-order valence-electron chi connectivity index (χ3n) is 3.22. The highest BCUT2D eigenvalue weighted by Crippen LogP contribution is 2.34. The van der Waals surface area contributed by atoms with Crippen LogP contribution in [0.5, 0.6) is 0 Å². The molecule has 0 aliphatic carbocycles. The van der Waals surface area contributed by atoms with E-state index in [1.807, 2.05) is 5.32 Å². The van der Waals surface area contributed by atoms with Crippen LogP contribution in [0.4, 0.5) is 24.5 Å². The van der Waals surface area contributed by atoms with Gasteiger partial charge in [-0.15, -0.1) is 0 Å². The number of carbonyl (C=O) groups is 2. The molecule has 2 rings (SSSR count). The molecular weight excluding hydrogens is 437 g/mol. The first-order chi connectivity index (χ1) is 12.6. The Hall–Kier alpha value is -2.95. The SMILES string of the molecule is O=C(COC(=O)c1ccc(Br)c([N+](=O)[O-])c1)Nc1ccccc1C(F)(F)F. The minimum Gasteiger partial charge on any atom is -0.452 e. The van der Waals surface area contributed by atoms with Crippen molar-refractivity contribution >= 4 is 39.2 Å². The van der Waals surface area contributed by atoms with E-state index < -0.39 is 40.8 Å². The van der Waals surface area contributed by atoms with Gasteiger partial charge >= 0.3 is 12.1 Å². The molecule has 0 saturated heterocycles. The quantitative estimate of drug-likeness (QED) is 0.422. The summed E-state index contributed by atoms with van der Waals surface area (Å²) >= 11 is 2.95. The average molecular weight is 447 g/mol. The molecule has 1 amide bonds. The Kier molecular flexibility index (Phi) is 6.16. The van der Waals surface area contributed by atoms with Crippen molar-refractivity contribution in [2.75, 3.05) is 11.9 Å². The first-order valence-electron chi connectivity index (χ1n) is 7.16. The number of ether oxygens (including phenoxy) is 1. The maximum absolute atomic E-state index is 12.9. The lowest BCUT2D eigenvalue weighted by Crippen LogP contribution is -2.22. The summed E-state index contributed by atoms with van der Waals surface area (Å²) in [6.45, 7) is -0.866. The minimum absolute atomic E-state index is 0.144. The third-order valence-corrected chi connectivity index (χ3v) is 3.89. The highest BCUT2D eigenvalue weighted by Gasteiger charge is 2.33. The van der Waals surface area contributed by atoms with Gasteiger partial charge in [0.1, 0.15) is 0 Å². The number of alkyl halides is 3. The number of nitro groups is 1. The van der Waals surface area contributed by atoms with Crippen molar-refractivity contribution in [1.29, 1.82) is 0 Å². The van der Waals surface area contributed by atoms with Crippen LogP contribution in [0, 0.1) is 10.1 Å². The predicted octanol–water partition coefficient (Wildman–Crippen LogP) is 4.17. The molecular formula is C16H10BrF3N2O5. The summed E-state index contributed by atoms with van der Waals surface area (Å²) in [7, 11) is 0. The number of hydrogen-bond acceptors (Lipinski definition) is 5. The second kappa shape index (κ2) is 8.16. The largest absolute Gasteiger partial charge is 0.452 e. The summed E-state index contributed by atoms with van der Waals surface area (Å²) in [6.07, 6.45) is -4.67. The summed E-state index contributed by atoms with van der Waals surface area (Å²) in [4.78, 5) is 33.8. The number of esters is 1. The van der Waals surface area contributed by atoms with E-state index in [2.05, 4.69) is 15.9 Å². The second-order valence-electron chi connectivity index (χ2n) is 5.09. The van der Waals surface area contributed by atoms with Crippen molar-refractivity contribution in [3.8, 4) is 0 Å². The Morgan fingerprint density at radius 1 is 1.19 bits per heavy atom. The van der Waals surface area contributed by atoms with Crippen molar-refractivity contribution in [1.82, 2.24) is 0 Å². The van der Waals surface area contributed by atoms with Crippen LogP contribution in [-0.2, 0) is 15.7 Å². The van der Waals surface area contributed by atoms with Gasteiger partial charge in [-0.25, -0.2) is 4.79 Å². The topological polar surface area (TPSA) is 98.5 Å². The van der Waals surface area contributed by atoms with Gasteiger partial charge in [-0.3, -0.25) is 14.9 Å². The maximum atomic E-state index is 12.9. The molecule has 11 heteroatoms. The van der Waals surface area contributed by atoms with Crippen molar-refractivity contribution in [3.05, 3.63) is 68.2 Å². The number of nitrogens with zero attached hydrogens (tertiary/aromatic N) is 1. The number of amides is 1. The van der Waals surface area contributed by atoms with Crippen LogP contribution < -0.4 is 5.32 Å². The molecule has 1 N–H and O–H groups in total. The lowest BCUT2D eigenvalue weighted by atomic mass is 10.1. The van der Waals surface area contributed by atoms with Crippen LogP contribution in [-0.4, -0.2) is 23.4 Å². The molecule has 0 radical (unpaired) electrons. The highest BCUT2D eigenvalue weighted by atomic mass is 79.9. The number of nitro benzene ring substituents is 1. The molecule has 0 atom stereocenters. The average Bonchev–Trinajstić information content (AvgIpc) is 2.59. The molecule has 0 aromatic heterocycles. The Balaban J connectivity index is 2.04. The van der Waals surface area contributed by atoms with E-state index in [9.17, 15) is 32.9 Å². The third kappa shape index (κ3) is 5.26. The predicted molar refractivity (Wildman–Crippen MR) is 91.2 cm³/mol. The number of benzene rings is 2. The van der Waals surface area contributed by atoms with Crippen LogP contribution in [0.15, 0.2) is 46.9 Å². The van der Waals surface area contributed by atoms with E-state index >= 15 is 0 Å². The molecule has 2 aromatic rings. The van der Waals surface area contributed by atoms with Crippen molar-refractivity contribution in [2.45, 2.75) is 6.18 Å². The maximum Gasteiger partial charge on any atom is 0.418 e. The molecule has 0 heterocycles. The molecule has 0 aliphatic rings. The normalized spacial score (nSPS) is 11.0.